The molecule has 0 bridgehead atoms. The molecule has 2 rings (SSSR count). The first-order valence-electron chi connectivity index (χ1n) is 10.8. The van der Waals surface area contributed by atoms with Crippen molar-refractivity contribution in [3.8, 4) is 5.75 Å². The number of hydrogen-bond donors (Lipinski definition) is 2. The molecule has 0 spiro atoms. The molecule has 2 N–H and O–H groups in total. The number of hydrogen-bond acceptors (Lipinski definition) is 4. The monoisotopic (exact) mass is 406 g/mol. The SMILES string of the molecule is C=CCCNCCCCCOC1CCC(CNC(=O)Oc2ccc(F)cc2)CC1. The zero-order valence-corrected chi connectivity index (χ0v) is 17.3. The third-order valence-corrected chi connectivity index (χ3v) is 5.23. The van der Waals surface area contributed by atoms with Crippen molar-refractivity contribution >= 4 is 6.09 Å². The van der Waals surface area contributed by atoms with E-state index in [9.17, 15) is 9.18 Å². The van der Waals surface area contributed by atoms with Crippen LogP contribution in [0, 0.1) is 11.7 Å². The van der Waals surface area contributed by atoms with Gasteiger partial charge in [-0.25, -0.2) is 9.18 Å². The Labute approximate surface area is 174 Å². The van der Waals surface area contributed by atoms with Crippen LogP contribution in [-0.2, 0) is 4.74 Å². The van der Waals surface area contributed by atoms with Crippen molar-refractivity contribution < 1.29 is 18.7 Å². The standard InChI is InChI=1S/C23H35FN2O3/c1-2-3-15-25-16-5-4-6-17-28-21-11-7-19(8-12-21)18-26-23(27)29-22-13-9-20(24)10-14-22/h2,9-10,13-14,19,21,25H,1,3-8,11-12,15-18H2,(H,26,27). The van der Waals surface area contributed by atoms with E-state index in [0.29, 0.717) is 24.3 Å². The Morgan fingerprint density at radius 2 is 1.86 bits per heavy atom. The van der Waals surface area contributed by atoms with E-state index >= 15 is 0 Å². The molecule has 1 aliphatic carbocycles. The van der Waals surface area contributed by atoms with Gasteiger partial charge in [-0.05, 0) is 94.6 Å². The zero-order valence-electron chi connectivity index (χ0n) is 17.3. The van der Waals surface area contributed by atoms with Crippen LogP contribution in [0.5, 0.6) is 5.75 Å². The molecule has 0 atom stereocenters. The fourth-order valence-electron chi connectivity index (χ4n) is 3.48. The fourth-order valence-corrected chi connectivity index (χ4v) is 3.48. The van der Waals surface area contributed by atoms with Crippen LogP contribution in [0.1, 0.15) is 51.4 Å². The maximum atomic E-state index is 12.9. The van der Waals surface area contributed by atoms with E-state index in [-0.39, 0.29) is 5.82 Å². The molecule has 162 valence electrons. The van der Waals surface area contributed by atoms with E-state index in [2.05, 4.69) is 17.2 Å². The minimum absolute atomic E-state index is 0.341. The summed E-state index contributed by atoms with van der Waals surface area (Å²) in [5.74, 6) is 0.443. The van der Waals surface area contributed by atoms with Gasteiger partial charge in [-0.1, -0.05) is 6.08 Å². The number of nitrogens with one attached hydrogen (secondary N) is 2. The van der Waals surface area contributed by atoms with Crippen LogP contribution in [0.3, 0.4) is 0 Å². The van der Waals surface area contributed by atoms with Gasteiger partial charge in [0.15, 0.2) is 0 Å². The maximum Gasteiger partial charge on any atom is 0.412 e. The first kappa shape index (κ1) is 23.4. The van der Waals surface area contributed by atoms with E-state index in [0.717, 1.165) is 58.2 Å². The highest BCUT2D eigenvalue weighted by Crippen LogP contribution is 2.26. The molecule has 29 heavy (non-hydrogen) atoms. The number of halogens is 1. The van der Waals surface area contributed by atoms with Crippen molar-refractivity contribution in [2.75, 3.05) is 26.2 Å². The lowest BCUT2D eigenvalue weighted by molar-refractivity contribution is 0.0164. The second-order valence-corrected chi connectivity index (χ2v) is 7.63. The van der Waals surface area contributed by atoms with Gasteiger partial charge in [-0.15, -0.1) is 6.58 Å². The summed E-state index contributed by atoms with van der Waals surface area (Å²) in [5, 5.41) is 6.21. The van der Waals surface area contributed by atoms with Gasteiger partial charge in [0.2, 0.25) is 0 Å². The Morgan fingerprint density at radius 3 is 2.59 bits per heavy atom. The molecule has 0 aromatic heterocycles. The predicted molar refractivity (Wildman–Crippen MR) is 114 cm³/mol. The van der Waals surface area contributed by atoms with Crippen molar-refractivity contribution in [1.29, 1.82) is 0 Å². The van der Waals surface area contributed by atoms with Gasteiger partial charge in [0.05, 0.1) is 6.10 Å². The summed E-state index contributed by atoms with van der Waals surface area (Å²) in [4.78, 5) is 11.8. The molecule has 1 saturated carbocycles. The number of unbranched alkanes of at least 4 members (excludes halogenated alkanes) is 2. The van der Waals surface area contributed by atoms with Crippen LogP contribution in [-0.4, -0.2) is 38.4 Å². The van der Waals surface area contributed by atoms with Gasteiger partial charge in [0.1, 0.15) is 11.6 Å². The van der Waals surface area contributed by atoms with Crippen LogP contribution in [0.15, 0.2) is 36.9 Å². The van der Waals surface area contributed by atoms with Crippen LogP contribution in [0.4, 0.5) is 9.18 Å². The van der Waals surface area contributed by atoms with E-state index in [1.807, 2.05) is 6.08 Å². The highest BCUT2D eigenvalue weighted by molar-refractivity contribution is 5.70. The molecule has 0 heterocycles. The molecule has 0 unspecified atom stereocenters. The average molecular weight is 407 g/mol. The number of amides is 1. The van der Waals surface area contributed by atoms with Gasteiger partial charge in [0, 0.05) is 13.2 Å². The Kier molecular flexibility index (Phi) is 11.4. The molecule has 0 saturated heterocycles. The summed E-state index contributed by atoms with van der Waals surface area (Å²) < 4.78 is 24.0. The largest absolute Gasteiger partial charge is 0.412 e. The highest BCUT2D eigenvalue weighted by Gasteiger charge is 2.22. The molecule has 5 nitrogen and oxygen atoms in total. The molecule has 1 aromatic rings. The number of rotatable bonds is 13. The highest BCUT2D eigenvalue weighted by atomic mass is 19.1. The summed E-state index contributed by atoms with van der Waals surface area (Å²) in [6, 6.07) is 5.42. The summed E-state index contributed by atoms with van der Waals surface area (Å²) in [5.41, 5.74) is 0. The lowest BCUT2D eigenvalue weighted by Gasteiger charge is -2.28. The number of carbonyl (C=O) groups is 1. The molecule has 0 radical (unpaired) electrons. The fraction of sp³-hybridized carbons (Fsp3) is 0.609. The molecule has 0 aliphatic heterocycles. The molecule has 1 amide bonds. The molecular formula is C23H35FN2O3. The van der Waals surface area contributed by atoms with Crippen molar-refractivity contribution in [3.63, 3.8) is 0 Å². The van der Waals surface area contributed by atoms with Crippen molar-refractivity contribution in [3.05, 3.63) is 42.7 Å². The molecule has 6 heteroatoms. The van der Waals surface area contributed by atoms with E-state index in [1.165, 1.54) is 37.1 Å². The van der Waals surface area contributed by atoms with Crippen molar-refractivity contribution in [1.82, 2.24) is 10.6 Å². The first-order valence-corrected chi connectivity index (χ1v) is 10.8. The van der Waals surface area contributed by atoms with Gasteiger partial charge in [0.25, 0.3) is 0 Å². The average Bonchev–Trinajstić information content (AvgIpc) is 2.73. The zero-order chi connectivity index (χ0) is 20.7. The molecule has 1 fully saturated rings. The predicted octanol–water partition coefficient (Wildman–Crippen LogP) is 4.83. The maximum absolute atomic E-state index is 12.9. The molecule has 1 aromatic carbocycles. The van der Waals surface area contributed by atoms with E-state index in [4.69, 9.17) is 9.47 Å². The summed E-state index contributed by atoms with van der Waals surface area (Å²) in [7, 11) is 0. The lowest BCUT2D eigenvalue weighted by atomic mass is 9.87. The first-order chi connectivity index (χ1) is 14.2. The van der Waals surface area contributed by atoms with E-state index in [1.54, 1.807) is 0 Å². The summed E-state index contributed by atoms with van der Waals surface area (Å²) >= 11 is 0. The number of ether oxygens (including phenoxy) is 2. The Hall–Kier alpha value is -1.92. The summed E-state index contributed by atoms with van der Waals surface area (Å²) in [6.07, 6.45) is 10.5. The number of benzene rings is 1. The Morgan fingerprint density at radius 1 is 1.10 bits per heavy atom. The van der Waals surface area contributed by atoms with Crippen LogP contribution < -0.4 is 15.4 Å². The van der Waals surface area contributed by atoms with Crippen molar-refractivity contribution in [2.24, 2.45) is 5.92 Å². The van der Waals surface area contributed by atoms with Crippen LogP contribution >= 0.6 is 0 Å². The number of carbonyl (C=O) groups excluding carboxylic acids is 1. The van der Waals surface area contributed by atoms with Gasteiger partial charge in [-0.3, -0.25) is 0 Å². The summed E-state index contributed by atoms with van der Waals surface area (Å²) in [6.45, 7) is 7.23. The Balaban J connectivity index is 1.46. The minimum Gasteiger partial charge on any atom is -0.410 e. The second-order valence-electron chi connectivity index (χ2n) is 7.63. The van der Waals surface area contributed by atoms with Crippen molar-refractivity contribution in [2.45, 2.75) is 57.5 Å². The normalized spacial score (nSPS) is 18.9. The Bertz CT molecular complexity index is 586. The minimum atomic E-state index is -0.492. The van der Waals surface area contributed by atoms with Gasteiger partial charge in [-0.2, -0.15) is 0 Å². The smallest absolute Gasteiger partial charge is 0.410 e. The quantitative estimate of drug-likeness (QED) is 0.364. The topological polar surface area (TPSA) is 59.6 Å². The molecule has 1 aliphatic rings. The van der Waals surface area contributed by atoms with E-state index < -0.39 is 6.09 Å². The van der Waals surface area contributed by atoms with Gasteiger partial charge < -0.3 is 20.1 Å². The van der Waals surface area contributed by atoms with Gasteiger partial charge >= 0.3 is 6.09 Å². The second kappa shape index (κ2) is 14.1. The third-order valence-electron chi connectivity index (χ3n) is 5.23. The van der Waals surface area contributed by atoms with Crippen LogP contribution in [0.25, 0.3) is 0 Å². The molecular weight excluding hydrogens is 371 g/mol. The lowest BCUT2D eigenvalue weighted by Crippen LogP contribution is -2.34. The van der Waals surface area contributed by atoms with Crippen LogP contribution in [0.2, 0.25) is 0 Å². The third kappa shape index (κ3) is 10.4.